The molecule has 2 aliphatic carbocycles. The lowest BCUT2D eigenvalue weighted by molar-refractivity contribution is -0.140. The van der Waals surface area contributed by atoms with Crippen molar-refractivity contribution < 1.29 is 19.2 Å². The van der Waals surface area contributed by atoms with Crippen LogP contribution in [0.5, 0.6) is 0 Å². The summed E-state index contributed by atoms with van der Waals surface area (Å²) in [6, 6.07) is 8.88. The van der Waals surface area contributed by atoms with Gasteiger partial charge in [-0.05, 0) is 55.7 Å². The van der Waals surface area contributed by atoms with Gasteiger partial charge in [-0.3, -0.25) is 24.1 Å². The fourth-order valence-corrected chi connectivity index (χ4v) is 5.40. The third-order valence-electron chi connectivity index (χ3n) is 6.87. The van der Waals surface area contributed by atoms with Gasteiger partial charge in [0.25, 0.3) is 5.91 Å². The molecule has 4 amide bonds. The van der Waals surface area contributed by atoms with E-state index in [1.807, 2.05) is 6.07 Å². The van der Waals surface area contributed by atoms with Crippen molar-refractivity contribution in [2.75, 3.05) is 11.4 Å². The Hall–Kier alpha value is -3.24. The summed E-state index contributed by atoms with van der Waals surface area (Å²) >= 11 is 0. The molecule has 2 saturated heterocycles. The Kier molecular flexibility index (Phi) is 4.95. The monoisotopic (exact) mass is 416 g/mol. The number of hydrogen-bond acceptors (Lipinski definition) is 4. The van der Waals surface area contributed by atoms with Crippen LogP contribution < -0.4 is 4.90 Å². The lowest BCUT2D eigenvalue weighted by Crippen LogP contribution is -2.33. The van der Waals surface area contributed by atoms with Crippen LogP contribution in [0, 0.1) is 23.7 Å². The molecular weight excluding hydrogens is 392 g/mol. The maximum Gasteiger partial charge on any atom is 0.269 e. The van der Waals surface area contributed by atoms with E-state index in [0.717, 1.165) is 19.3 Å². The summed E-state index contributed by atoms with van der Waals surface area (Å²) in [5, 5.41) is 0. The standard InChI is InChI=1S/C25H24N2O4/c28-20-15-18(23(29)27(20)19-9-5-3-6-10-19)8-4-1-2-7-13-26-24(30)21-16-11-12-17(14-16)22(21)25(26)31/h3-6,9-12,16-17,21-22H,1-2,7,13-15H2. The summed E-state index contributed by atoms with van der Waals surface area (Å²) in [4.78, 5) is 52.8. The van der Waals surface area contributed by atoms with Crippen molar-refractivity contribution in [3.63, 3.8) is 0 Å². The highest BCUT2D eigenvalue weighted by molar-refractivity contribution is 6.28. The van der Waals surface area contributed by atoms with Crippen molar-refractivity contribution in [3.05, 3.63) is 59.9 Å². The van der Waals surface area contributed by atoms with Crippen LogP contribution in [0.25, 0.3) is 0 Å². The smallest absolute Gasteiger partial charge is 0.269 e. The summed E-state index contributed by atoms with van der Waals surface area (Å²) < 4.78 is 0. The topological polar surface area (TPSA) is 74.8 Å². The van der Waals surface area contributed by atoms with E-state index in [1.165, 1.54) is 9.80 Å². The minimum absolute atomic E-state index is 0.000535. The molecule has 3 fully saturated rings. The molecule has 2 bridgehead atoms. The van der Waals surface area contributed by atoms with Crippen LogP contribution in [0.1, 0.15) is 32.1 Å². The Morgan fingerprint density at radius 1 is 0.935 bits per heavy atom. The van der Waals surface area contributed by atoms with Crippen molar-refractivity contribution in [2.24, 2.45) is 23.7 Å². The number of rotatable bonds is 6. The lowest BCUT2D eigenvalue weighted by Gasteiger charge is -2.16. The molecule has 1 aromatic carbocycles. The van der Waals surface area contributed by atoms with Gasteiger partial charge in [-0.1, -0.05) is 30.4 Å². The van der Waals surface area contributed by atoms with E-state index < -0.39 is 0 Å². The molecule has 0 radical (unpaired) electrons. The lowest BCUT2D eigenvalue weighted by atomic mass is 9.85. The molecule has 0 aromatic heterocycles. The molecule has 158 valence electrons. The molecule has 6 nitrogen and oxygen atoms in total. The predicted octanol–water partition coefficient (Wildman–Crippen LogP) is 3.01. The van der Waals surface area contributed by atoms with E-state index in [-0.39, 0.29) is 53.7 Å². The molecule has 1 saturated carbocycles. The SMILES string of the molecule is O=C1C2C3C=CC(C3)C2C(=O)N1CCCCC=C=C1CC(=O)N(c2ccccc2)C1=O. The molecule has 2 aliphatic heterocycles. The molecule has 4 aliphatic rings. The van der Waals surface area contributed by atoms with Gasteiger partial charge < -0.3 is 0 Å². The zero-order valence-electron chi connectivity index (χ0n) is 17.2. The molecule has 0 spiro atoms. The van der Waals surface area contributed by atoms with Gasteiger partial charge in [0.05, 0.1) is 29.5 Å². The van der Waals surface area contributed by atoms with E-state index in [1.54, 1.807) is 30.3 Å². The van der Waals surface area contributed by atoms with Gasteiger partial charge in [0.1, 0.15) is 0 Å². The van der Waals surface area contributed by atoms with Gasteiger partial charge in [-0.15, -0.1) is 5.73 Å². The van der Waals surface area contributed by atoms with Crippen LogP contribution in [0.4, 0.5) is 5.69 Å². The average molecular weight is 416 g/mol. The van der Waals surface area contributed by atoms with E-state index >= 15 is 0 Å². The number of carbonyl (C=O) groups excluding carboxylic acids is 4. The number of allylic oxidation sites excluding steroid dienone is 2. The van der Waals surface area contributed by atoms with Crippen LogP contribution >= 0.6 is 0 Å². The first-order valence-corrected chi connectivity index (χ1v) is 11.0. The highest BCUT2D eigenvalue weighted by atomic mass is 16.2. The normalized spacial score (nSPS) is 28.7. The number of anilines is 1. The largest absolute Gasteiger partial charge is 0.282 e. The molecular formula is C25H24N2O4. The van der Waals surface area contributed by atoms with Crippen molar-refractivity contribution in [2.45, 2.75) is 32.1 Å². The number of hydrogen-bond donors (Lipinski definition) is 0. The van der Waals surface area contributed by atoms with Crippen LogP contribution in [-0.4, -0.2) is 35.1 Å². The van der Waals surface area contributed by atoms with Gasteiger partial charge in [0.2, 0.25) is 17.7 Å². The summed E-state index contributed by atoms with van der Waals surface area (Å²) in [6.45, 7) is 0.452. The van der Waals surface area contributed by atoms with Crippen LogP contribution in [0.2, 0.25) is 0 Å². The molecule has 0 N–H and O–H groups in total. The second kappa shape index (κ2) is 7.78. The van der Waals surface area contributed by atoms with Crippen LogP contribution in [-0.2, 0) is 19.2 Å². The maximum absolute atomic E-state index is 12.7. The summed E-state index contributed by atoms with van der Waals surface area (Å²) in [5.41, 5.74) is 3.93. The fourth-order valence-electron chi connectivity index (χ4n) is 5.40. The third-order valence-corrected chi connectivity index (χ3v) is 6.87. The zero-order valence-corrected chi connectivity index (χ0v) is 17.2. The Labute approximate surface area is 180 Å². The summed E-state index contributed by atoms with van der Waals surface area (Å²) in [5.74, 6) is -0.346. The van der Waals surface area contributed by atoms with Crippen molar-refractivity contribution in [1.29, 1.82) is 0 Å². The minimum atomic E-state index is -0.324. The average Bonchev–Trinajstić information content (AvgIpc) is 3.50. The number of benzene rings is 1. The maximum atomic E-state index is 12.7. The third kappa shape index (κ3) is 3.28. The number of likely N-dealkylation sites (tertiary alicyclic amines) is 1. The number of nitrogens with zero attached hydrogens (tertiary/aromatic N) is 2. The molecule has 1 aromatic rings. The van der Waals surface area contributed by atoms with Crippen molar-refractivity contribution >= 4 is 29.3 Å². The summed E-state index contributed by atoms with van der Waals surface area (Å²) in [6.07, 6.45) is 9.16. The molecule has 6 heteroatoms. The first kappa shape index (κ1) is 19.7. The molecule has 4 atom stereocenters. The Balaban J connectivity index is 1.13. The molecule has 2 heterocycles. The first-order chi connectivity index (χ1) is 15.1. The number of imide groups is 2. The van der Waals surface area contributed by atoms with Crippen LogP contribution in [0.15, 0.2) is 59.9 Å². The predicted molar refractivity (Wildman–Crippen MR) is 113 cm³/mol. The van der Waals surface area contributed by atoms with E-state index in [4.69, 9.17) is 0 Å². The second-order valence-electron chi connectivity index (χ2n) is 8.70. The number of unbranched alkanes of at least 4 members (excludes halogenated alkanes) is 2. The molecule has 4 unspecified atom stereocenters. The highest BCUT2D eigenvalue weighted by Gasteiger charge is 2.58. The van der Waals surface area contributed by atoms with Gasteiger partial charge in [0.15, 0.2) is 0 Å². The van der Waals surface area contributed by atoms with Gasteiger partial charge in [-0.2, -0.15) is 0 Å². The van der Waals surface area contributed by atoms with E-state index in [2.05, 4.69) is 17.9 Å². The van der Waals surface area contributed by atoms with Crippen molar-refractivity contribution in [3.8, 4) is 0 Å². The Bertz CT molecular complexity index is 1020. The van der Waals surface area contributed by atoms with Crippen molar-refractivity contribution in [1.82, 2.24) is 4.90 Å². The van der Waals surface area contributed by atoms with E-state index in [0.29, 0.717) is 24.2 Å². The number of para-hydroxylation sites is 1. The second-order valence-corrected chi connectivity index (χ2v) is 8.70. The zero-order chi connectivity index (χ0) is 21.5. The quantitative estimate of drug-likeness (QED) is 0.235. The van der Waals surface area contributed by atoms with Crippen LogP contribution in [0.3, 0.4) is 0 Å². The Morgan fingerprint density at radius 2 is 1.61 bits per heavy atom. The van der Waals surface area contributed by atoms with Gasteiger partial charge >= 0.3 is 0 Å². The number of amides is 4. The fraction of sp³-hybridized carbons (Fsp3) is 0.400. The highest BCUT2D eigenvalue weighted by Crippen LogP contribution is 2.52. The summed E-state index contributed by atoms with van der Waals surface area (Å²) in [7, 11) is 0. The molecule has 5 rings (SSSR count). The first-order valence-electron chi connectivity index (χ1n) is 11.0. The number of carbonyl (C=O) groups is 4. The van der Waals surface area contributed by atoms with E-state index in [9.17, 15) is 19.2 Å². The molecule has 31 heavy (non-hydrogen) atoms. The number of fused-ring (bicyclic) bond motifs is 5. The van der Waals surface area contributed by atoms with Gasteiger partial charge in [-0.25, -0.2) is 4.90 Å². The Morgan fingerprint density at radius 3 is 2.29 bits per heavy atom. The van der Waals surface area contributed by atoms with Gasteiger partial charge in [0, 0.05) is 6.54 Å². The minimum Gasteiger partial charge on any atom is -0.282 e.